The first kappa shape index (κ1) is 12.9. The Morgan fingerprint density at radius 1 is 1.50 bits per heavy atom. The molecule has 0 aliphatic heterocycles. The van der Waals surface area contributed by atoms with Gasteiger partial charge in [-0.25, -0.2) is 9.97 Å². The largest absolute Gasteiger partial charge is 0.368 e. The lowest BCUT2D eigenvalue weighted by atomic mass is 9.97. The third-order valence-corrected chi connectivity index (χ3v) is 3.14. The second-order valence-corrected chi connectivity index (χ2v) is 4.83. The second kappa shape index (κ2) is 5.81. The van der Waals surface area contributed by atoms with E-state index in [4.69, 9.17) is 11.5 Å². The van der Waals surface area contributed by atoms with Crippen molar-refractivity contribution in [2.75, 3.05) is 5.75 Å². The molecule has 1 aromatic rings. The molecular formula is C10H16N4OS. The molecule has 0 bridgehead atoms. The van der Waals surface area contributed by atoms with Crippen LogP contribution in [0.4, 0.5) is 0 Å². The summed E-state index contributed by atoms with van der Waals surface area (Å²) in [5.41, 5.74) is 9.97. The topological polar surface area (TPSA) is 94.9 Å². The van der Waals surface area contributed by atoms with E-state index in [0.29, 0.717) is 6.42 Å². The predicted molar refractivity (Wildman–Crippen MR) is 63.8 cm³/mol. The number of primary amides is 1. The normalized spacial score (nSPS) is 14.4. The minimum absolute atomic E-state index is 0.464. The molecule has 0 aliphatic carbocycles. The first-order chi connectivity index (χ1) is 7.52. The number of nitrogens with two attached hydrogens (primary N) is 2. The van der Waals surface area contributed by atoms with Gasteiger partial charge in [0, 0.05) is 18.1 Å². The van der Waals surface area contributed by atoms with Crippen LogP contribution in [0.3, 0.4) is 0 Å². The average Bonchev–Trinajstić information content (AvgIpc) is 2.26. The molecule has 88 valence electrons. The van der Waals surface area contributed by atoms with E-state index in [2.05, 4.69) is 9.97 Å². The van der Waals surface area contributed by atoms with Crippen molar-refractivity contribution in [1.29, 1.82) is 0 Å². The molecule has 4 N–H and O–H groups in total. The summed E-state index contributed by atoms with van der Waals surface area (Å²) in [6.45, 7) is 1.65. The standard InChI is InChI=1S/C10H16N4OS/c1-10(12,8(11)15)4-2-7-16-9-13-5-3-6-14-9/h3,5-6H,2,4,7,12H2,1H3,(H2,11,15). The van der Waals surface area contributed by atoms with Crippen molar-refractivity contribution in [2.24, 2.45) is 11.5 Å². The van der Waals surface area contributed by atoms with Crippen LogP contribution in [0.2, 0.25) is 0 Å². The Hall–Kier alpha value is -1.14. The minimum Gasteiger partial charge on any atom is -0.368 e. The number of rotatable bonds is 6. The second-order valence-electron chi connectivity index (χ2n) is 3.77. The van der Waals surface area contributed by atoms with Crippen molar-refractivity contribution >= 4 is 17.7 Å². The first-order valence-corrected chi connectivity index (χ1v) is 5.99. The van der Waals surface area contributed by atoms with Crippen LogP contribution in [-0.2, 0) is 4.79 Å². The number of carbonyl (C=O) groups is 1. The molecule has 0 saturated heterocycles. The van der Waals surface area contributed by atoms with Gasteiger partial charge in [0.1, 0.15) is 0 Å². The molecule has 0 spiro atoms. The van der Waals surface area contributed by atoms with E-state index in [0.717, 1.165) is 17.3 Å². The van der Waals surface area contributed by atoms with Gasteiger partial charge in [-0.05, 0) is 25.8 Å². The quantitative estimate of drug-likeness (QED) is 0.430. The molecule has 1 rings (SSSR count). The summed E-state index contributed by atoms with van der Waals surface area (Å²) in [4.78, 5) is 19.1. The zero-order chi connectivity index (χ0) is 12.0. The molecule has 0 radical (unpaired) electrons. The molecule has 0 aromatic carbocycles. The maximum atomic E-state index is 11.0. The van der Waals surface area contributed by atoms with Gasteiger partial charge in [-0.1, -0.05) is 11.8 Å². The first-order valence-electron chi connectivity index (χ1n) is 5.01. The summed E-state index contributed by atoms with van der Waals surface area (Å²) in [7, 11) is 0. The number of amides is 1. The van der Waals surface area contributed by atoms with Gasteiger partial charge in [0.25, 0.3) is 0 Å². The van der Waals surface area contributed by atoms with Crippen LogP contribution in [0.5, 0.6) is 0 Å². The van der Waals surface area contributed by atoms with E-state index in [1.807, 2.05) is 0 Å². The van der Waals surface area contributed by atoms with Crippen molar-refractivity contribution in [1.82, 2.24) is 9.97 Å². The molecule has 6 heteroatoms. The predicted octanol–water partition coefficient (Wildman–Crippen LogP) is 0.552. The fourth-order valence-electron chi connectivity index (χ4n) is 1.09. The molecule has 1 atom stereocenters. The van der Waals surface area contributed by atoms with Crippen molar-refractivity contribution in [2.45, 2.75) is 30.5 Å². The van der Waals surface area contributed by atoms with Gasteiger partial charge in [-0.15, -0.1) is 0 Å². The lowest BCUT2D eigenvalue weighted by molar-refractivity contribution is -0.122. The Labute approximate surface area is 99.0 Å². The van der Waals surface area contributed by atoms with E-state index in [1.165, 1.54) is 0 Å². The summed E-state index contributed by atoms with van der Waals surface area (Å²) >= 11 is 1.54. The lowest BCUT2D eigenvalue weighted by Gasteiger charge is -2.19. The monoisotopic (exact) mass is 240 g/mol. The lowest BCUT2D eigenvalue weighted by Crippen LogP contribution is -2.49. The van der Waals surface area contributed by atoms with Crippen molar-refractivity contribution in [3.8, 4) is 0 Å². The van der Waals surface area contributed by atoms with Crippen molar-refractivity contribution in [3.05, 3.63) is 18.5 Å². The molecule has 1 aromatic heterocycles. The molecule has 0 fully saturated rings. The third kappa shape index (κ3) is 4.16. The van der Waals surface area contributed by atoms with Crippen molar-refractivity contribution < 1.29 is 4.79 Å². The number of thioether (sulfide) groups is 1. The van der Waals surface area contributed by atoms with Gasteiger partial charge in [0.15, 0.2) is 5.16 Å². The Kier molecular flexibility index (Phi) is 4.70. The molecule has 1 amide bonds. The highest BCUT2D eigenvalue weighted by atomic mass is 32.2. The van der Waals surface area contributed by atoms with Gasteiger partial charge < -0.3 is 11.5 Å². The highest BCUT2D eigenvalue weighted by Crippen LogP contribution is 2.16. The van der Waals surface area contributed by atoms with E-state index in [9.17, 15) is 4.79 Å². The van der Waals surface area contributed by atoms with Crippen LogP contribution in [0, 0.1) is 0 Å². The summed E-state index contributed by atoms with van der Waals surface area (Å²) < 4.78 is 0. The molecule has 16 heavy (non-hydrogen) atoms. The van der Waals surface area contributed by atoms with E-state index < -0.39 is 11.4 Å². The van der Waals surface area contributed by atoms with Gasteiger partial charge >= 0.3 is 0 Å². The Morgan fingerprint density at radius 2 is 2.12 bits per heavy atom. The number of nitrogens with zero attached hydrogens (tertiary/aromatic N) is 2. The third-order valence-electron chi connectivity index (χ3n) is 2.18. The number of hydrogen-bond donors (Lipinski definition) is 2. The van der Waals surface area contributed by atoms with Crippen molar-refractivity contribution in [3.63, 3.8) is 0 Å². The Bertz CT molecular complexity index is 342. The van der Waals surface area contributed by atoms with Crippen LogP contribution >= 0.6 is 11.8 Å². The smallest absolute Gasteiger partial charge is 0.237 e. The van der Waals surface area contributed by atoms with Gasteiger partial charge in [-0.2, -0.15) is 0 Å². The highest BCUT2D eigenvalue weighted by Gasteiger charge is 2.24. The average molecular weight is 240 g/mol. The van der Waals surface area contributed by atoms with Crippen LogP contribution in [-0.4, -0.2) is 27.2 Å². The molecule has 1 heterocycles. The highest BCUT2D eigenvalue weighted by molar-refractivity contribution is 7.99. The summed E-state index contributed by atoms with van der Waals surface area (Å²) in [5.74, 6) is 0.359. The number of aromatic nitrogens is 2. The molecule has 1 unspecified atom stereocenters. The van der Waals surface area contributed by atoms with E-state index in [-0.39, 0.29) is 0 Å². The molecule has 0 aliphatic rings. The van der Waals surface area contributed by atoms with Gasteiger partial charge in [0.05, 0.1) is 5.54 Å². The van der Waals surface area contributed by atoms with Gasteiger partial charge in [-0.3, -0.25) is 4.79 Å². The summed E-state index contributed by atoms with van der Waals surface area (Å²) in [5, 5.41) is 0.736. The summed E-state index contributed by atoms with van der Waals surface area (Å²) in [6.07, 6.45) is 4.78. The van der Waals surface area contributed by atoms with Crippen LogP contribution < -0.4 is 11.5 Å². The zero-order valence-electron chi connectivity index (χ0n) is 9.22. The maximum absolute atomic E-state index is 11.0. The zero-order valence-corrected chi connectivity index (χ0v) is 10.0. The van der Waals surface area contributed by atoms with Crippen LogP contribution in [0.15, 0.2) is 23.6 Å². The van der Waals surface area contributed by atoms with Gasteiger partial charge in [0.2, 0.25) is 5.91 Å². The molecular weight excluding hydrogens is 224 g/mol. The van der Waals surface area contributed by atoms with Crippen LogP contribution in [0.25, 0.3) is 0 Å². The van der Waals surface area contributed by atoms with E-state index in [1.54, 1.807) is 37.1 Å². The maximum Gasteiger partial charge on any atom is 0.237 e. The fraction of sp³-hybridized carbons (Fsp3) is 0.500. The SMILES string of the molecule is CC(N)(CCCSc1ncccn1)C(N)=O. The number of hydrogen-bond acceptors (Lipinski definition) is 5. The Balaban J connectivity index is 2.25. The Morgan fingerprint density at radius 3 is 2.69 bits per heavy atom. The minimum atomic E-state index is -0.919. The number of carbonyl (C=O) groups excluding carboxylic acids is 1. The fourth-order valence-corrected chi connectivity index (χ4v) is 1.83. The molecule has 0 saturated carbocycles. The summed E-state index contributed by atoms with van der Waals surface area (Å²) in [6, 6.07) is 1.77. The molecule has 5 nitrogen and oxygen atoms in total. The van der Waals surface area contributed by atoms with E-state index >= 15 is 0 Å². The van der Waals surface area contributed by atoms with Crippen LogP contribution in [0.1, 0.15) is 19.8 Å².